The smallest absolute Gasteiger partial charge is 0.756 e. The van der Waals surface area contributed by atoms with Crippen molar-refractivity contribution in [1.82, 2.24) is 19.5 Å². The van der Waals surface area contributed by atoms with E-state index in [0.717, 1.165) is 4.90 Å². The summed E-state index contributed by atoms with van der Waals surface area (Å²) in [5.41, 5.74) is 6.61. The van der Waals surface area contributed by atoms with E-state index in [2.05, 4.69) is 15.0 Å². The Bertz CT molecular complexity index is 1170. The maximum absolute atomic E-state index is 11.7. The van der Waals surface area contributed by atoms with E-state index in [1.807, 2.05) is 12.1 Å². The molecule has 3 aromatic rings. The molecule has 5 rings (SSSR count). The maximum Gasteiger partial charge on any atom is 1.00 e. The van der Waals surface area contributed by atoms with Crippen LogP contribution in [0.1, 0.15) is 6.23 Å². The van der Waals surface area contributed by atoms with Crippen molar-refractivity contribution in [3.8, 4) is 0 Å². The van der Waals surface area contributed by atoms with E-state index in [1.165, 1.54) is 18.1 Å². The van der Waals surface area contributed by atoms with Crippen LogP contribution in [0.25, 0.3) is 11.2 Å². The van der Waals surface area contributed by atoms with Crippen molar-refractivity contribution < 1.29 is 57.9 Å². The van der Waals surface area contributed by atoms with Gasteiger partial charge in [0.25, 0.3) is 7.82 Å². The SMILES string of the molecule is Nc1ncnc2c1nc(Sc1ccc(Cl)cc1)n2[C@H]1O[C@H]2COP(=O)([O-])O[C@@H]2[C@@H]1O.[Na+]. The molecule has 0 spiro atoms. The number of halogens is 1. The molecule has 0 radical (unpaired) electrons. The molecule has 5 atom stereocenters. The quantitative estimate of drug-likeness (QED) is 0.318. The van der Waals surface area contributed by atoms with Gasteiger partial charge in [-0.1, -0.05) is 23.4 Å². The molecule has 158 valence electrons. The van der Waals surface area contributed by atoms with E-state index in [0.29, 0.717) is 21.3 Å². The number of phosphoric acid groups is 1. The summed E-state index contributed by atoms with van der Waals surface area (Å²) in [6, 6.07) is 7.08. The molecule has 1 unspecified atom stereocenters. The van der Waals surface area contributed by atoms with Gasteiger partial charge in [0.05, 0.1) is 6.61 Å². The first-order valence-electron chi connectivity index (χ1n) is 8.72. The number of nitrogens with two attached hydrogens (primary N) is 1. The summed E-state index contributed by atoms with van der Waals surface area (Å²) in [5, 5.41) is 11.8. The zero-order valence-electron chi connectivity index (χ0n) is 16.0. The third-order valence-corrected chi connectivity index (χ3v) is 6.90. The Morgan fingerprint density at radius 3 is 2.81 bits per heavy atom. The van der Waals surface area contributed by atoms with Crippen molar-refractivity contribution in [1.29, 1.82) is 0 Å². The zero-order chi connectivity index (χ0) is 21.0. The third kappa shape index (κ3) is 4.40. The fourth-order valence-corrected chi connectivity index (χ4v) is 5.34. The van der Waals surface area contributed by atoms with Crippen molar-refractivity contribution >= 4 is 48.2 Å². The van der Waals surface area contributed by atoms with Gasteiger partial charge in [0.1, 0.15) is 24.6 Å². The van der Waals surface area contributed by atoms with E-state index in [-0.39, 0.29) is 42.0 Å². The van der Waals surface area contributed by atoms with Crippen molar-refractivity contribution in [3.05, 3.63) is 35.6 Å². The summed E-state index contributed by atoms with van der Waals surface area (Å²) in [4.78, 5) is 25.2. The predicted molar refractivity (Wildman–Crippen MR) is 104 cm³/mol. The van der Waals surface area contributed by atoms with Crippen LogP contribution in [0.2, 0.25) is 5.02 Å². The molecule has 3 N–H and O–H groups in total. The van der Waals surface area contributed by atoms with Gasteiger partial charge in [0.15, 0.2) is 28.4 Å². The number of nitrogen functional groups attached to an aromatic ring is 1. The molecule has 15 heteroatoms. The van der Waals surface area contributed by atoms with E-state index in [4.69, 9.17) is 31.1 Å². The maximum atomic E-state index is 11.7. The van der Waals surface area contributed by atoms with Crippen molar-refractivity contribution in [2.24, 2.45) is 0 Å². The first-order valence-corrected chi connectivity index (χ1v) is 11.4. The van der Waals surface area contributed by atoms with Gasteiger partial charge in [0, 0.05) is 9.92 Å². The molecule has 0 saturated carbocycles. The molecule has 2 fully saturated rings. The molecule has 2 aliphatic heterocycles. The van der Waals surface area contributed by atoms with Crippen molar-refractivity contribution in [3.63, 3.8) is 0 Å². The van der Waals surface area contributed by atoms with Crippen LogP contribution >= 0.6 is 31.2 Å². The second-order valence-electron chi connectivity index (χ2n) is 6.62. The number of nitrogens with zero attached hydrogens (tertiary/aromatic N) is 4. The summed E-state index contributed by atoms with van der Waals surface area (Å²) >= 11 is 7.22. The zero-order valence-corrected chi connectivity index (χ0v) is 20.5. The van der Waals surface area contributed by atoms with Gasteiger partial charge >= 0.3 is 29.6 Å². The summed E-state index contributed by atoms with van der Waals surface area (Å²) in [5.74, 6) is 0.158. The number of aliphatic hydroxyl groups is 1. The Hall–Kier alpha value is -0.760. The molecule has 2 aromatic heterocycles. The Morgan fingerprint density at radius 2 is 2.06 bits per heavy atom. The number of aliphatic hydroxyl groups excluding tert-OH is 1. The number of hydrogen-bond acceptors (Lipinski definition) is 11. The van der Waals surface area contributed by atoms with Crippen LogP contribution in [-0.2, 0) is 18.3 Å². The first-order chi connectivity index (χ1) is 14.3. The number of ether oxygens (including phenoxy) is 1. The third-order valence-electron chi connectivity index (χ3n) is 4.71. The summed E-state index contributed by atoms with van der Waals surface area (Å²) in [6.07, 6.45) is -2.98. The number of fused-ring (bicyclic) bond motifs is 2. The topological polar surface area (TPSA) is 158 Å². The number of rotatable bonds is 3. The summed E-state index contributed by atoms with van der Waals surface area (Å²) < 4.78 is 28.7. The largest absolute Gasteiger partial charge is 1.00 e. The van der Waals surface area contributed by atoms with Crippen molar-refractivity contribution in [2.75, 3.05) is 12.3 Å². The minimum atomic E-state index is -4.50. The second-order valence-corrected chi connectivity index (χ2v) is 9.46. The molecule has 0 bridgehead atoms. The van der Waals surface area contributed by atoms with Crippen LogP contribution in [-0.4, -0.2) is 49.5 Å². The second kappa shape index (κ2) is 8.88. The van der Waals surface area contributed by atoms with Gasteiger partial charge < -0.3 is 29.5 Å². The molecule has 4 heterocycles. The van der Waals surface area contributed by atoms with E-state index >= 15 is 0 Å². The first kappa shape index (κ1) is 23.4. The number of hydrogen-bond donors (Lipinski definition) is 2. The fraction of sp³-hybridized carbons (Fsp3) is 0.312. The summed E-state index contributed by atoms with van der Waals surface area (Å²) in [7, 11) is -4.50. The Balaban J connectivity index is 0.00000231. The van der Waals surface area contributed by atoms with Gasteiger partial charge in [-0.15, -0.1) is 0 Å². The van der Waals surface area contributed by atoms with Gasteiger partial charge in [-0.25, -0.2) is 15.0 Å². The molecule has 31 heavy (non-hydrogen) atoms. The minimum absolute atomic E-state index is 0. The predicted octanol–water partition coefficient (Wildman–Crippen LogP) is -1.64. The molecule has 1 aromatic carbocycles. The number of aromatic nitrogens is 4. The monoisotopic (exact) mass is 493 g/mol. The number of anilines is 1. The molecule has 2 saturated heterocycles. The Morgan fingerprint density at radius 1 is 1.32 bits per heavy atom. The normalized spacial score (nSPS) is 30.2. The Labute approximate surface area is 207 Å². The fourth-order valence-electron chi connectivity index (χ4n) is 3.36. The van der Waals surface area contributed by atoms with Crippen LogP contribution in [0, 0.1) is 0 Å². The number of imidazole rings is 1. The van der Waals surface area contributed by atoms with E-state index in [1.54, 1.807) is 16.7 Å². The van der Waals surface area contributed by atoms with Gasteiger partial charge in [-0.3, -0.25) is 9.13 Å². The molecular formula is C16H14ClN5NaO6PS. The van der Waals surface area contributed by atoms with Crippen LogP contribution in [0.4, 0.5) is 5.82 Å². The van der Waals surface area contributed by atoms with Gasteiger partial charge in [-0.05, 0) is 24.3 Å². The minimum Gasteiger partial charge on any atom is -0.756 e. The van der Waals surface area contributed by atoms with Crippen LogP contribution in [0.5, 0.6) is 0 Å². The number of benzene rings is 1. The molecule has 2 aliphatic rings. The average Bonchev–Trinajstić information content (AvgIpc) is 3.21. The summed E-state index contributed by atoms with van der Waals surface area (Å²) in [6.45, 7) is -0.261. The van der Waals surface area contributed by atoms with E-state index < -0.39 is 32.4 Å². The van der Waals surface area contributed by atoms with Gasteiger partial charge in [-0.2, -0.15) is 0 Å². The van der Waals surface area contributed by atoms with E-state index in [9.17, 15) is 14.6 Å². The van der Waals surface area contributed by atoms with Crippen LogP contribution in [0.15, 0.2) is 40.6 Å². The number of phosphoric ester groups is 1. The average molecular weight is 494 g/mol. The van der Waals surface area contributed by atoms with Gasteiger partial charge in [0.2, 0.25) is 0 Å². The van der Waals surface area contributed by atoms with Crippen molar-refractivity contribution in [2.45, 2.75) is 34.6 Å². The molecular weight excluding hydrogens is 480 g/mol. The van der Waals surface area contributed by atoms with Crippen LogP contribution < -0.4 is 40.2 Å². The standard InChI is InChI=1S/C16H15ClN5O6PS.Na/c17-7-1-3-8(4-2-7)30-16-21-10-13(18)19-6-20-14(10)22(16)15-11(23)12-9(27-15)5-26-29(24,25)28-12;/h1-4,6,9,11-12,15,23H,5H2,(H,24,25)(H2,18,19,20);/q;+1/p-1/t9-,11-,12-,15-;/m0./s1. The van der Waals surface area contributed by atoms with Crippen LogP contribution in [0.3, 0.4) is 0 Å². The Kier molecular flexibility index (Phi) is 6.70. The molecule has 0 amide bonds. The molecule has 11 nitrogen and oxygen atoms in total. The molecule has 0 aliphatic carbocycles.